The number of rotatable bonds is 7. The van der Waals surface area contributed by atoms with Gasteiger partial charge in [0.15, 0.2) is 6.61 Å². The Balaban J connectivity index is 1.77. The van der Waals surface area contributed by atoms with E-state index < -0.39 is 18.5 Å². The van der Waals surface area contributed by atoms with Crippen LogP contribution in [0.2, 0.25) is 5.02 Å². The highest BCUT2D eigenvalue weighted by Gasteiger charge is 2.15. The molecule has 0 heterocycles. The predicted octanol–water partition coefficient (Wildman–Crippen LogP) is 2.57. The molecule has 132 valence electrons. The van der Waals surface area contributed by atoms with Crippen molar-refractivity contribution in [2.45, 2.75) is 6.42 Å². The van der Waals surface area contributed by atoms with Crippen LogP contribution in [0.4, 0.5) is 0 Å². The van der Waals surface area contributed by atoms with Crippen molar-refractivity contribution in [3.63, 3.8) is 0 Å². The molecule has 1 amide bonds. The number of benzene rings is 2. The average molecular weight is 364 g/mol. The number of amides is 1. The van der Waals surface area contributed by atoms with Crippen molar-refractivity contribution in [2.75, 3.05) is 20.3 Å². The molecule has 0 aromatic heterocycles. The second kappa shape index (κ2) is 8.94. The summed E-state index contributed by atoms with van der Waals surface area (Å²) in [5.41, 5.74) is 0.969. The lowest BCUT2D eigenvalue weighted by atomic mass is 10.1. The molecule has 2 aromatic rings. The fraction of sp³-hybridized carbons (Fsp3) is 0.222. The lowest BCUT2D eigenvalue weighted by Gasteiger charge is -2.09. The first-order valence-electron chi connectivity index (χ1n) is 7.55. The van der Waals surface area contributed by atoms with Gasteiger partial charge in [0.25, 0.3) is 5.91 Å². The molecule has 0 radical (unpaired) electrons. The van der Waals surface area contributed by atoms with E-state index in [0.717, 1.165) is 5.56 Å². The second-order valence-corrected chi connectivity index (χ2v) is 5.62. The molecule has 6 nitrogen and oxygen atoms in total. The Labute approximate surface area is 150 Å². The number of aromatic hydroxyl groups is 1. The monoisotopic (exact) mass is 363 g/mol. The summed E-state index contributed by atoms with van der Waals surface area (Å²) in [4.78, 5) is 23.7. The first kappa shape index (κ1) is 18.6. The Hall–Kier alpha value is -2.73. The third-order valence-corrected chi connectivity index (χ3v) is 3.66. The number of ether oxygens (including phenoxy) is 2. The average Bonchev–Trinajstić information content (AvgIpc) is 2.62. The number of hydrogen-bond donors (Lipinski definition) is 2. The van der Waals surface area contributed by atoms with Crippen molar-refractivity contribution in [2.24, 2.45) is 0 Å². The summed E-state index contributed by atoms with van der Waals surface area (Å²) < 4.78 is 9.89. The van der Waals surface area contributed by atoms with Gasteiger partial charge in [-0.1, -0.05) is 23.7 Å². The van der Waals surface area contributed by atoms with Crippen LogP contribution in [0.3, 0.4) is 0 Å². The van der Waals surface area contributed by atoms with E-state index in [1.54, 1.807) is 12.1 Å². The number of hydrogen-bond acceptors (Lipinski definition) is 5. The normalized spacial score (nSPS) is 10.2. The molecule has 0 aliphatic rings. The largest absolute Gasteiger partial charge is 0.507 e. The molecule has 2 N–H and O–H groups in total. The SMILES string of the molecule is COc1ccc(O)c(C(=O)OCC(=O)NCCc2ccc(Cl)cc2)c1. The van der Waals surface area contributed by atoms with Crippen molar-refractivity contribution in [1.82, 2.24) is 5.32 Å². The number of esters is 1. The Morgan fingerprint density at radius 1 is 1.16 bits per heavy atom. The Bertz CT molecular complexity index is 746. The number of carbonyl (C=O) groups excluding carboxylic acids is 2. The van der Waals surface area contributed by atoms with Crippen LogP contribution in [0.15, 0.2) is 42.5 Å². The molecule has 0 saturated carbocycles. The number of phenolic OH excluding ortho intramolecular Hbond substituents is 1. The van der Waals surface area contributed by atoms with Gasteiger partial charge in [-0.2, -0.15) is 0 Å². The minimum atomic E-state index is -0.802. The summed E-state index contributed by atoms with van der Waals surface area (Å²) in [6.07, 6.45) is 0.632. The van der Waals surface area contributed by atoms with Crippen molar-refractivity contribution in [3.8, 4) is 11.5 Å². The molecule has 0 aliphatic heterocycles. The van der Waals surface area contributed by atoms with E-state index in [2.05, 4.69) is 5.32 Å². The van der Waals surface area contributed by atoms with Crippen molar-refractivity contribution < 1.29 is 24.2 Å². The quantitative estimate of drug-likeness (QED) is 0.738. The van der Waals surface area contributed by atoms with E-state index in [9.17, 15) is 14.7 Å². The summed E-state index contributed by atoms with van der Waals surface area (Å²) in [5.74, 6) is -1.07. The molecule has 0 bridgehead atoms. The third-order valence-electron chi connectivity index (χ3n) is 3.41. The maximum Gasteiger partial charge on any atom is 0.342 e. The molecule has 2 rings (SSSR count). The maximum absolute atomic E-state index is 11.9. The molecule has 7 heteroatoms. The molecule has 0 atom stereocenters. The van der Waals surface area contributed by atoms with Crippen molar-refractivity contribution in [1.29, 1.82) is 0 Å². The van der Waals surface area contributed by atoms with Gasteiger partial charge in [0.05, 0.1) is 7.11 Å². The van der Waals surface area contributed by atoms with Gasteiger partial charge in [-0.05, 0) is 42.3 Å². The zero-order valence-electron chi connectivity index (χ0n) is 13.6. The van der Waals surface area contributed by atoms with Gasteiger partial charge in [0.2, 0.25) is 0 Å². The summed E-state index contributed by atoms with van der Waals surface area (Å²) in [5, 5.41) is 13.0. The van der Waals surface area contributed by atoms with Crippen LogP contribution >= 0.6 is 11.6 Å². The second-order valence-electron chi connectivity index (χ2n) is 5.19. The molecule has 25 heavy (non-hydrogen) atoms. The predicted molar refractivity (Wildman–Crippen MR) is 93.1 cm³/mol. The maximum atomic E-state index is 11.9. The first-order chi connectivity index (χ1) is 12.0. The van der Waals surface area contributed by atoms with Gasteiger partial charge in [-0.3, -0.25) is 4.79 Å². The van der Waals surface area contributed by atoms with Crippen LogP contribution in [-0.2, 0) is 16.0 Å². The van der Waals surface area contributed by atoms with Crippen LogP contribution in [-0.4, -0.2) is 37.2 Å². The third kappa shape index (κ3) is 5.69. The standard InChI is InChI=1S/C18H18ClNO5/c1-24-14-6-7-16(21)15(10-14)18(23)25-11-17(22)20-9-8-12-2-4-13(19)5-3-12/h2-7,10,21H,8-9,11H2,1H3,(H,20,22). The van der Waals surface area contributed by atoms with Gasteiger partial charge in [0.1, 0.15) is 17.1 Å². The lowest BCUT2D eigenvalue weighted by Crippen LogP contribution is -2.30. The van der Waals surface area contributed by atoms with Crippen LogP contribution in [0, 0.1) is 0 Å². The molecule has 0 spiro atoms. The highest BCUT2D eigenvalue weighted by molar-refractivity contribution is 6.30. The van der Waals surface area contributed by atoms with Gasteiger partial charge in [-0.15, -0.1) is 0 Å². The van der Waals surface area contributed by atoms with Gasteiger partial charge < -0.3 is 19.9 Å². The van der Waals surface area contributed by atoms with Gasteiger partial charge in [-0.25, -0.2) is 4.79 Å². The zero-order valence-corrected chi connectivity index (χ0v) is 14.4. The minimum absolute atomic E-state index is 0.0617. The fourth-order valence-electron chi connectivity index (χ4n) is 2.06. The first-order valence-corrected chi connectivity index (χ1v) is 7.92. The number of methoxy groups -OCH3 is 1. The molecular formula is C18H18ClNO5. The number of phenols is 1. The van der Waals surface area contributed by atoms with Crippen LogP contribution in [0.5, 0.6) is 11.5 Å². The number of halogens is 1. The minimum Gasteiger partial charge on any atom is -0.507 e. The van der Waals surface area contributed by atoms with Crippen LogP contribution in [0.1, 0.15) is 15.9 Å². The van der Waals surface area contributed by atoms with Crippen LogP contribution < -0.4 is 10.1 Å². The number of nitrogens with one attached hydrogen (secondary N) is 1. The Kier molecular flexibility index (Phi) is 6.65. The molecule has 0 unspecified atom stereocenters. The molecule has 0 saturated heterocycles. The van der Waals surface area contributed by atoms with E-state index in [4.69, 9.17) is 21.1 Å². The molecule has 2 aromatic carbocycles. The molecule has 0 aliphatic carbocycles. The zero-order chi connectivity index (χ0) is 18.2. The Morgan fingerprint density at radius 3 is 2.56 bits per heavy atom. The van der Waals surface area contributed by atoms with Gasteiger partial charge >= 0.3 is 5.97 Å². The summed E-state index contributed by atoms with van der Waals surface area (Å²) in [7, 11) is 1.44. The van der Waals surface area contributed by atoms with Gasteiger partial charge in [0, 0.05) is 11.6 Å². The fourth-order valence-corrected chi connectivity index (χ4v) is 2.19. The Morgan fingerprint density at radius 2 is 1.88 bits per heavy atom. The van der Waals surface area contributed by atoms with E-state index in [1.807, 2.05) is 12.1 Å². The highest BCUT2D eigenvalue weighted by Crippen LogP contribution is 2.23. The lowest BCUT2D eigenvalue weighted by molar-refractivity contribution is -0.124. The van der Waals surface area contributed by atoms with Crippen molar-refractivity contribution >= 4 is 23.5 Å². The molecule has 0 fully saturated rings. The van der Waals surface area contributed by atoms with Crippen LogP contribution in [0.25, 0.3) is 0 Å². The van der Waals surface area contributed by atoms with E-state index >= 15 is 0 Å². The smallest absolute Gasteiger partial charge is 0.342 e. The summed E-state index contributed by atoms with van der Waals surface area (Å²) in [6.45, 7) is -0.0292. The summed E-state index contributed by atoms with van der Waals surface area (Å²) in [6, 6.07) is 11.5. The van der Waals surface area contributed by atoms with Crippen molar-refractivity contribution in [3.05, 3.63) is 58.6 Å². The summed E-state index contributed by atoms with van der Waals surface area (Å²) >= 11 is 5.80. The van der Waals surface area contributed by atoms with E-state index in [-0.39, 0.29) is 11.3 Å². The van der Waals surface area contributed by atoms with E-state index in [1.165, 1.54) is 25.3 Å². The molecular weight excluding hydrogens is 346 g/mol. The highest BCUT2D eigenvalue weighted by atomic mass is 35.5. The number of carbonyl (C=O) groups is 2. The van der Waals surface area contributed by atoms with E-state index in [0.29, 0.717) is 23.7 Å². The topological polar surface area (TPSA) is 84.9 Å².